The Labute approximate surface area is 137 Å². The second-order valence-corrected chi connectivity index (χ2v) is 6.55. The largest absolute Gasteiger partial charge is 0.469 e. The predicted molar refractivity (Wildman–Crippen MR) is 86.4 cm³/mol. The molecule has 5 nitrogen and oxygen atoms in total. The van der Waals surface area contributed by atoms with Crippen molar-refractivity contribution in [3.8, 4) is 0 Å². The topological polar surface area (TPSA) is 78.6 Å². The molecule has 0 heterocycles. The van der Waals surface area contributed by atoms with E-state index in [-0.39, 0.29) is 13.0 Å². The van der Waals surface area contributed by atoms with Crippen LogP contribution in [0.2, 0.25) is 0 Å². The minimum absolute atomic E-state index is 0.149. The smallest absolute Gasteiger partial charge is 0.327 e. The van der Waals surface area contributed by atoms with E-state index >= 15 is 0 Å². The average molecular weight is 319 g/mol. The Bertz CT molecular complexity index is 551. The molecule has 0 spiro atoms. The SMILES string of the molecule is COC(=O)CC(N)(C(=O)OCc1ccccc1)C1(C)CCCC1. The van der Waals surface area contributed by atoms with Crippen LogP contribution in [0.25, 0.3) is 0 Å². The van der Waals surface area contributed by atoms with Crippen LogP contribution in [0.1, 0.15) is 44.6 Å². The number of rotatable bonds is 6. The number of hydrogen-bond donors (Lipinski definition) is 1. The average Bonchev–Trinajstić information content (AvgIpc) is 3.01. The number of ether oxygens (including phenoxy) is 2. The summed E-state index contributed by atoms with van der Waals surface area (Å²) in [6, 6.07) is 9.42. The van der Waals surface area contributed by atoms with Gasteiger partial charge >= 0.3 is 11.9 Å². The maximum Gasteiger partial charge on any atom is 0.327 e. The zero-order chi connectivity index (χ0) is 16.9. The van der Waals surface area contributed by atoms with Crippen LogP contribution < -0.4 is 5.73 Å². The standard InChI is InChI=1S/C18H25NO4/c1-17(10-6-7-11-17)18(19,12-15(20)22-2)16(21)23-13-14-8-4-3-5-9-14/h3-5,8-9H,6-7,10-13,19H2,1-2H3. The summed E-state index contributed by atoms with van der Waals surface area (Å²) in [5.41, 5.74) is 5.53. The summed E-state index contributed by atoms with van der Waals surface area (Å²) in [7, 11) is 1.30. The van der Waals surface area contributed by atoms with Crippen LogP contribution in [0.5, 0.6) is 0 Å². The van der Waals surface area contributed by atoms with E-state index in [4.69, 9.17) is 15.2 Å². The molecule has 1 aliphatic rings. The maximum atomic E-state index is 12.7. The second-order valence-electron chi connectivity index (χ2n) is 6.55. The lowest BCUT2D eigenvalue weighted by Crippen LogP contribution is -2.61. The summed E-state index contributed by atoms with van der Waals surface area (Å²) in [4.78, 5) is 24.5. The van der Waals surface area contributed by atoms with E-state index in [9.17, 15) is 9.59 Å². The second kappa shape index (κ2) is 7.13. The normalized spacial score (nSPS) is 18.9. The number of nitrogens with two attached hydrogens (primary N) is 1. The van der Waals surface area contributed by atoms with Crippen LogP contribution in [0, 0.1) is 5.41 Å². The fourth-order valence-corrected chi connectivity index (χ4v) is 3.29. The number of carbonyl (C=O) groups excluding carboxylic acids is 2. The minimum atomic E-state index is -1.36. The maximum absolute atomic E-state index is 12.7. The molecule has 0 bridgehead atoms. The molecule has 0 aromatic heterocycles. The predicted octanol–water partition coefficient (Wildman–Crippen LogP) is 2.57. The van der Waals surface area contributed by atoms with Gasteiger partial charge in [-0.3, -0.25) is 9.59 Å². The van der Waals surface area contributed by atoms with Gasteiger partial charge in [0, 0.05) is 0 Å². The molecule has 23 heavy (non-hydrogen) atoms. The molecule has 0 aliphatic heterocycles. The van der Waals surface area contributed by atoms with Crippen molar-refractivity contribution in [1.29, 1.82) is 0 Å². The van der Waals surface area contributed by atoms with Crippen molar-refractivity contribution in [3.63, 3.8) is 0 Å². The summed E-state index contributed by atoms with van der Waals surface area (Å²) in [6.07, 6.45) is 3.46. The first kappa shape index (κ1) is 17.5. The molecule has 5 heteroatoms. The van der Waals surface area contributed by atoms with Crippen molar-refractivity contribution in [3.05, 3.63) is 35.9 Å². The Morgan fingerprint density at radius 1 is 1.22 bits per heavy atom. The Hall–Kier alpha value is -1.88. The van der Waals surface area contributed by atoms with Crippen molar-refractivity contribution in [2.24, 2.45) is 11.1 Å². The summed E-state index contributed by atoms with van der Waals surface area (Å²) >= 11 is 0. The van der Waals surface area contributed by atoms with Crippen molar-refractivity contribution in [1.82, 2.24) is 0 Å². The molecule has 0 saturated heterocycles. The van der Waals surface area contributed by atoms with Crippen molar-refractivity contribution in [2.45, 2.75) is 51.2 Å². The third kappa shape index (κ3) is 3.72. The zero-order valence-electron chi connectivity index (χ0n) is 13.8. The molecular weight excluding hydrogens is 294 g/mol. The van der Waals surface area contributed by atoms with Gasteiger partial charge in [0.25, 0.3) is 0 Å². The number of esters is 2. The Morgan fingerprint density at radius 3 is 2.39 bits per heavy atom. The molecule has 0 radical (unpaired) electrons. The molecule has 0 amide bonds. The van der Waals surface area contributed by atoms with E-state index in [2.05, 4.69) is 0 Å². The van der Waals surface area contributed by atoms with Gasteiger partial charge in [-0.1, -0.05) is 50.1 Å². The molecule has 2 N–H and O–H groups in total. The lowest BCUT2D eigenvalue weighted by molar-refractivity contribution is -0.162. The molecule has 1 aliphatic carbocycles. The fraction of sp³-hybridized carbons (Fsp3) is 0.556. The highest BCUT2D eigenvalue weighted by Crippen LogP contribution is 2.47. The van der Waals surface area contributed by atoms with Crippen LogP contribution in [0.4, 0.5) is 0 Å². The van der Waals surface area contributed by atoms with E-state index in [1.807, 2.05) is 37.3 Å². The quantitative estimate of drug-likeness (QED) is 0.815. The van der Waals surface area contributed by atoms with E-state index in [1.54, 1.807) is 0 Å². The molecule has 1 saturated carbocycles. The fourth-order valence-electron chi connectivity index (χ4n) is 3.29. The van der Waals surface area contributed by atoms with Gasteiger partial charge in [0.1, 0.15) is 12.1 Å². The molecule has 2 rings (SSSR count). The van der Waals surface area contributed by atoms with Gasteiger partial charge in [0.2, 0.25) is 0 Å². The Morgan fingerprint density at radius 2 is 1.83 bits per heavy atom. The van der Waals surface area contributed by atoms with E-state index in [0.717, 1.165) is 31.2 Å². The van der Waals surface area contributed by atoms with E-state index in [1.165, 1.54) is 7.11 Å². The van der Waals surface area contributed by atoms with Crippen molar-refractivity contribution >= 4 is 11.9 Å². The summed E-state index contributed by atoms with van der Waals surface area (Å²) < 4.78 is 10.2. The van der Waals surface area contributed by atoms with Crippen molar-refractivity contribution < 1.29 is 19.1 Å². The third-order valence-electron chi connectivity index (χ3n) is 5.01. The Balaban J connectivity index is 2.15. The zero-order valence-corrected chi connectivity index (χ0v) is 13.8. The molecular formula is C18H25NO4. The molecule has 1 fully saturated rings. The minimum Gasteiger partial charge on any atom is -0.469 e. The van der Waals surface area contributed by atoms with E-state index < -0.39 is 22.9 Å². The first-order valence-electron chi connectivity index (χ1n) is 7.98. The highest BCUT2D eigenvalue weighted by molar-refractivity contribution is 5.87. The molecule has 1 unspecified atom stereocenters. The van der Waals surface area contributed by atoms with E-state index in [0.29, 0.717) is 0 Å². The first-order chi connectivity index (χ1) is 10.9. The lowest BCUT2D eigenvalue weighted by Gasteiger charge is -2.41. The summed E-state index contributed by atoms with van der Waals surface area (Å²) in [5, 5.41) is 0. The van der Waals surface area contributed by atoms with Crippen LogP contribution in [0.15, 0.2) is 30.3 Å². The van der Waals surface area contributed by atoms with Gasteiger partial charge < -0.3 is 15.2 Å². The highest BCUT2D eigenvalue weighted by Gasteiger charge is 2.54. The van der Waals surface area contributed by atoms with Crippen LogP contribution in [-0.2, 0) is 25.7 Å². The monoisotopic (exact) mass is 319 g/mol. The summed E-state index contributed by atoms with van der Waals surface area (Å²) in [5.74, 6) is -1.02. The number of methoxy groups -OCH3 is 1. The van der Waals surface area contributed by atoms with Gasteiger partial charge in [0.05, 0.1) is 13.5 Å². The molecule has 1 aromatic carbocycles. The van der Waals surface area contributed by atoms with Gasteiger partial charge in [-0.2, -0.15) is 0 Å². The Kier molecular flexibility index (Phi) is 5.42. The van der Waals surface area contributed by atoms with Crippen molar-refractivity contribution in [2.75, 3.05) is 7.11 Å². The van der Waals surface area contributed by atoms with Gasteiger partial charge in [0.15, 0.2) is 0 Å². The first-order valence-corrected chi connectivity index (χ1v) is 7.98. The molecule has 1 atom stereocenters. The van der Waals surface area contributed by atoms with Gasteiger partial charge in [-0.25, -0.2) is 0 Å². The summed E-state index contributed by atoms with van der Waals surface area (Å²) in [6.45, 7) is 2.11. The number of carbonyl (C=O) groups is 2. The lowest BCUT2D eigenvalue weighted by atomic mass is 9.68. The third-order valence-corrected chi connectivity index (χ3v) is 5.01. The van der Waals surface area contributed by atoms with Gasteiger partial charge in [-0.05, 0) is 23.8 Å². The van der Waals surface area contributed by atoms with Crippen LogP contribution >= 0.6 is 0 Å². The van der Waals surface area contributed by atoms with Crippen LogP contribution in [0.3, 0.4) is 0 Å². The number of benzene rings is 1. The number of hydrogen-bond acceptors (Lipinski definition) is 5. The molecule has 126 valence electrons. The van der Waals surface area contributed by atoms with Crippen LogP contribution in [-0.4, -0.2) is 24.6 Å². The highest BCUT2D eigenvalue weighted by atomic mass is 16.5. The van der Waals surface area contributed by atoms with Gasteiger partial charge in [-0.15, -0.1) is 0 Å². The molecule has 1 aromatic rings.